The van der Waals surface area contributed by atoms with Crippen molar-refractivity contribution in [1.29, 1.82) is 0 Å². The normalized spacial score (nSPS) is 10.5. The number of rotatable bonds is 0. The highest BCUT2D eigenvalue weighted by Gasteiger charge is 1.98. The molecule has 0 saturated heterocycles. The highest BCUT2D eigenvalue weighted by atomic mass is 32.1. The van der Waals surface area contributed by atoms with Crippen LogP contribution in [0.1, 0.15) is 5.56 Å². The molecule has 0 bridgehead atoms. The van der Waals surface area contributed by atoms with E-state index in [4.69, 9.17) is 0 Å². The third-order valence-corrected chi connectivity index (χ3v) is 2.27. The van der Waals surface area contributed by atoms with Crippen molar-refractivity contribution in [2.24, 2.45) is 0 Å². The molecule has 0 unspecified atom stereocenters. The Bertz CT molecular complexity index is 353. The van der Waals surface area contributed by atoms with Gasteiger partial charge in [0.05, 0.1) is 4.70 Å². The number of aromatic nitrogens is 2. The van der Waals surface area contributed by atoms with E-state index in [9.17, 15) is 0 Å². The molecular weight excluding hydrogens is 144 g/mol. The average molecular weight is 149 g/mol. The molecule has 49 valence electrons. The van der Waals surface area contributed by atoms with E-state index in [0.717, 1.165) is 5.52 Å². The van der Waals surface area contributed by atoms with Crippen molar-refractivity contribution in [2.45, 2.75) is 6.92 Å². The molecule has 0 aliphatic rings. The minimum Gasteiger partial charge on any atom is -0.138 e. The first-order valence-corrected chi connectivity index (χ1v) is 3.74. The summed E-state index contributed by atoms with van der Waals surface area (Å²) >= 11 is 1.43. The molecule has 1 aromatic heterocycles. The molecule has 2 aromatic rings. The Morgan fingerprint density at radius 2 is 2.40 bits per heavy atom. The Morgan fingerprint density at radius 1 is 1.50 bits per heavy atom. The molecule has 1 heterocycles. The van der Waals surface area contributed by atoms with Gasteiger partial charge in [0.15, 0.2) is 0 Å². The molecular formula is C7H5N2S. The van der Waals surface area contributed by atoms with Gasteiger partial charge < -0.3 is 0 Å². The van der Waals surface area contributed by atoms with Gasteiger partial charge in [-0.15, -0.1) is 5.10 Å². The number of fused-ring (bicyclic) bond motifs is 1. The first-order valence-electron chi connectivity index (χ1n) is 2.97. The largest absolute Gasteiger partial charge is 0.138 e. The Balaban J connectivity index is 2.95. The second-order valence-corrected chi connectivity index (χ2v) is 2.88. The van der Waals surface area contributed by atoms with Crippen molar-refractivity contribution < 1.29 is 0 Å². The summed E-state index contributed by atoms with van der Waals surface area (Å²) in [6.07, 6.45) is 0. The Kier molecular flexibility index (Phi) is 1.17. The molecule has 2 nitrogen and oxygen atoms in total. The van der Waals surface area contributed by atoms with Gasteiger partial charge in [0, 0.05) is 0 Å². The zero-order valence-corrected chi connectivity index (χ0v) is 6.27. The number of benzene rings is 1. The van der Waals surface area contributed by atoms with Crippen LogP contribution in [0.3, 0.4) is 0 Å². The highest BCUT2D eigenvalue weighted by molar-refractivity contribution is 7.13. The second-order valence-electron chi connectivity index (χ2n) is 2.13. The monoisotopic (exact) mass is 149 g/mol. The quantitative estimate of drug-likeness (QED) is 0.570. The summed E-state index contributed by atoms with van der Waals surface area (Å²) in [4.78, 5) is 0. The Labute approximate surface area is 62.7 Å². The van der Waals surface area contributed by atoms with E-state index in [0.29, 0.717) is 0 Å². The molecule has 0 aliphatic carbocycles. The fourth-order valence-electron chi connectivity index (χ4n) is 0.877. The molecule has 1 aromatic carbocycles. The van der Waals surface area contributed by atoms with Crippen molar-refractivity contribution in [1.82, 2.24) is 9.59 Å². The van der Waals surface area contributed by atoms with Crippen LogP contribution in [0.2, 0.25) is 0 Å². The standard InChI is InChI=1S/C7H5N2S/c1-5-3-2-4-6-7(5)10-9-8-6/h3-4H,1H3. The van der Waals surface area contributed by atoms with Gasteiger partial charge in [-0.2, -0.15) is 0 Å². The fourth-order valence-corrected chi connectivity index (χ4v) is 1.48. The first-order chi connectivity index (χ1) is 4.88. The van der Waals surface area contributed by atoms with Gasteiger partial charge in [0.2, 0.25) is 0 Å². The minimum atomic E-state index is 0.949. The third-order valence-electron chi connectivity index (χ3n) is 1.39. The van der Waals surface area contributed by atoms with Crippen molar-refractivity contribution >= 4 is 21.7 Å². The van der Waals surface area contributed by atoms with Gasteiger partial charge in [-0.25, -0.2) is 0 Å². The van der Waals surface area contributed by atoms with Crippen molar-refractivity contribution in [3.8, 4) is 0 Å². The topological polar surface area (TPSA) is 25.8 Å². The lowest BCUT2D eigenvalue weighted by molar-refractivity contribution is 1.20. The van der Waals surface area contributed by atoms with Crippen LogP contribution in [0, 0.1) is 13.0 Å². The van der Waals surface area contributed by atoms with Gasteiger partial charge >= 0.3 is 0 Å². The maximum Gasteiger partial charge on any atom is 0.106 e. The maximum absolute atomic E-state index is 3.92. The molecule has 0 N–H and O–H groups in total. The maximum atomic E-state index is 3.92. The van der Waals surface area contributed by atoms with E-state index < -0.39 is 0 Å². The van der Waals surface area contributed by atoms with Crippen LogP contribution in [0.5, 0.6) is 0 Å². The van der Waals surface area contributed by atoms with E-state index in [1.54, 1.807) is 0 Å². The second kappa shape index (κ2) is 2.02. The van der Waals surface area contributed by atoms with Crippen molar-refractivity contribution in [3.05, 3.63) is 23.8 Å². The molecule has 0 atom stereocenters. The van der Waals surface area contributed by atoms with Crippen LogP contribution in [0.4, 0.5) is 0 Å². The fraction of sp³-hybridized carbons (Fsp3) is 0.143. The summed E-state index contributed by atoms with van der Waals surface area (Å²) in [6, 6.07) is 6.79. The Hall–Kier alpha value is -0.960. The summed E-state index contributed by atoms with van der Waals surface area (Å²) in [6.45, 7) is 2.04. The lowest BCUT2D eigenvalue weighted by Crippen LogP contribution is -1.71. The molecule has 0 amide bonds. The SMILES string of the molecule is Cc1c[c]cc2nnsc12. The predicted molar refractivity (Wildman–Crippen MR) is 41.0 cm³/mol. The Morgan fingerprint density at radius 3 is 3.20 bits per heavy atom. The molecule has 0 aliphatic heterocycles. The van der Waals surface area contributed by atoms with Crippen LogP contribution >= 0.6 is 11.5 Å². The van der Waals surface area contributed by atoms with Crippen LogP contribution in [0.25, 0.3) is 10.2 Å². The highest BCUT2D eigenvalue weighted by Crippen LogP contribution is 2.18. The number of nitrogens with zero attached hydrogens (tertiary/aromatic N) is 2. The van der Waals surface area contributed by atoms with Crippen molar-refractivity contribution in [2.75, 3.05) is 0 Å². The number of aryl methyl sites for hydroxylation is 1. The molecule has 1 radical (unpaired) electrons. The van der Waals surface area contributed by atoms with E-state index in [1.807, 2.05) is 19.1 Å². The number of hydrogen-bond donors (Lipinski definition) is 0. The van der Waals surface area contributed by atoms with Gasteiger partial charge in [-0.1, -0.05) is 4.49 Å². The zero-order valence-electron chi connectivity index (χ0n) is 5.46. The third kappa shape index (κ3) is 0.708. The van der Waals surface area contributed by atoms with Crippen LogP contribution in [-0.4, -0.2) is 9.59 Å². The van der Waals surface area contributed by atoms with Gasteiger partial charge in [-0.05, 0) is 42.2 Å². The molecule has 3 heteroatoms. The van der Waals surface area contributed by atoms with Crippen LogP contribution in [-0.2, 0) is 0 Å². The van der Waals surface area contributed by atoms with Crippen LogP contribution < -0.4 is 0 Å². The summed E-state index contributed by atoms with van der Waals surface area (Å²) in [7, 11) is 0. The van der Waals surface area contributed by atoms with Gasteiger partial charge in [0.1, 0.15) is 5.52 Å². The van der Waals surface area contributed by atoms with Crippen molar-refractivity contribution in [3.63, 3.8) is 0 Å². The van der Waals surface area contributed by atoms with E-state index in [-0.39, 0.29) is 0 Å². The van der Waals surface area contributed by atoms with E-state index in [2.05, 4.69) is 15.7 Å². The summed E-state index contributed by atoms with van der Waals surface area (Å²) < 4.78 is 5.00. The summed E-state index contributed by atoms with van der Waals surface area (Å²) in [5.41, 5.74) is 2.15. The van der Waals surface area contributed by atoms with Crippen LogP contribution in [0.15, 0.2) is 12.1 Å². The lowest BCUT2D eigenvalue weighted by Gasteiger charge is -1.87. The zero-order chi connectivity index (χ0) is 6.97. The minimum absolute atomic E-state index is 0.949. The molecule has 0 fully saturated rings. The van der Waals surface area contributed by atoms with E-state index in [1.165, 1.54) is 21.8 Å². The first kappa shape index (κ1) is 5.80. The van der Waals surface area contributed by atoms with E-state index >= 15 is 0 Å². The molecule has 0 spiro atoms. The lowest BCUT2D eigenvalue weighted by atomic mass is 10.2. The smallest absolute Gasteiger partial charge is 0.106 e. The summed E-state index contributed by atoms with van der Waals surface area (Å²) in [5.74, 6) is 0. The number of hydrogen-bond acceptors (Lipinski definition) is 3. The predicted octanol–water partition coefficient (Wildman–Crippen LogP) is 1.80. The molecule has 10 heavy (non-hydrogen) atoms. The average Bonchev–Trinajstić information content (AvgIpc) is 2.36. The summed E-state index contributed by atoms with van der Waals surface area (Å²) in [5, 5.41) is 3.92. The van der Waals surface area contributed by atoms with Gasteiger partial charge in [0.25, 0.3) is 0 Å². The molecule has 2 rings (SSSR count). The van der Waals surface area contributed by atoms with Gasteiger partial charge in [-0.3, -0.25) is 0 Å². The molecule has 0 saturated carbocycles.